The molecule has 0 spiro atoms. The van der Waals surface area contributed by atoms with E-state index in [9.17, 15) is 4.79 Å². The molecule has 0 saturated carbocycles. The van der Waals surface area contributed by atoms with Gasteiger partial charge in [0.1, 0.15) is 0 Å². The van der Waals surface area contributed by atoms with Crippen LogP contribution in [0.15, 0.2) is 35.3 Å². The zero-order valence-electron chi connectivity index (χ0n) is 15.7. The summed E-state index contributed by atoms with van der Waals surface area (Å²) in [4.78, 5) is 22.0. The van der Waals surface area contributed by atoms with Gasteiger partial charge in [0, 0.05) is 24.3 Å². The Hall–Kier alpha value is -2.11. The van der Waals surface area contributed by atoms with Gasteiger partial charge >= 0.3 is 5.69 Å². The van der Waals surface area contributed by atoms with Gasteiger partial charge in [0.2, 0.25) is 0 Å². The van der Waals surface area contributed by atoms with Crippen molar-refractivity contribution in [3.05, 3.63) is 51.5 Å². The molecule has 0 fully saturated rings. The van der Waals surface area contributed by atoms with E-state index < -0.39 is 0 Å². The Kier molecular flexibility index (Phi) is 5.49. The lowest BCUT2D eigenvalue weighted by Gasteiger charge is -2.17. The molecular weight excluding hydrogens is 348 g/mol. The highest BCUT2D eigenvalue weighted by atomic mass is 35.5. The van der Waals surface area contributed by atoms with Crippen molar-refractivity contribution in [2.24, 2.45) is 0 Å². The summed E-state index contributed by atoms with van der Waals surface area (Å²) in [5.74, 6) is 0. The maximum atomic E-state index is 12.6. The minimum Gasteiger partial charge on any atom is -0.305 e. The summed E-state index contributed by atoms with van der Waals surface area (Å²) >= 11 is 6.57. The van der Waals surface area contributed by atoms with Crippen LogP contribution in [-0.2, 0) is 6.54 Å². The molecule has 0 aliphatic heterocycles. The molecule has 2 heterocycles. The molecule has 0 aliphatic rings. The van der Waals surface area contributed by atoms with Crippen molar-refractivity contribution in [1.29, 1.82) is 0 Å². The smallest absolute Gasteiger partial charge is 0.305 e. The number of rotatable bonds is 6. The number of benzene rings is 1. The number of halogens is 1. The molecular formula is C20H25ClN4O. The number of hydrogen-bond acceptors (Lipinski definition) is 3. The molecule has 0 unspecified atom stereocenters. The molecule has 1 N–H and O–H groups in total. The molecule has 3 rings (SSSR count). The monoisotopic (exact) mass is 372 g/mol. The first kappa shape index (κ1) is 18.7. The third kappa shape index (κ3) is 3.41. The summed E-state index contributed by atoms with van der Waals surface area (Å²) in [7, 11) is 4.09. The van der Waals surface area contributed by atoms with E-state index in [-0.39, 0.29) is 11.7 Å². The molecule has 1 aromatic carbocycles. The largest absolute Gasteiger partial charge is 0.327 e. The van der Waals surface area contributed by atoms with Crippen LogP contribution in [-0.4, -0.2) is 33.5 Å². The van der Waals surface area contributed by atoms with Gasteiger partial charge in [0.15, 0.2) is 5.65 Å². The van der Waals surface area contributed by atoms with Crippen molar-refractivity contribution < 1.29 is 0 Å². The Morgan fingerprint density at radius 1 is 1.27 bits per heavy atom. The zero-order chi connectivity index (χ0) is 18.8. The molecule has 0 aliphatic carbocycles. The molecule has 3 aromatic rings. The van der Waals surface area contributed by atoms with Crippen LogP contribution in [0.3, 0.4) is 0 Å². The fraction of sp³-hybridized carbons (Fsp3) is 0.400. The number of aromatic amines is 1. The van der Waals surface area contributed by atoms with Gasteiger partial charge in [-0.1, -0.05) is 43.6 Å². The zero-order valence-corrected chi connectivity index (χ0v) is 16.5. The Morgan fingerprint density at radius 3 is 2.65 bits per heavy atom. The second kappa shape index (κ2) is 7.64. The van der Waals surface area contributed by atoms with Crippen LogP contribution in [0.5, 0.6) is 0 Å². The van der Waals surface area contributed by atoms with Crippen molar-refractivity contribution in [2.75, 3.05) is 14.1 Å². The van der Waals surface area contributed by atoms with Gasteiger partial charge < -0.3 is 4.90 Å². The van der Waals surface area contributed by atoms with E-state index in [4.69, 9.17) is 11.6 Å². The van der Waals surface area contributed by atoms with Gasteiger partial charge in [-0.05, 0) is 44.1 Å². The average molecular weight is 373 g/mol. The third-order valence-electron chi connectivity index (χ3n) is 4.71. The molecule has 138 valence electrons. The van der Waals surface area contributed by atoms with E-state index >= 15 is 0 Å². The maximum absolute atomic E-state index is 12.6. The molecule has 5 nitrogen and oxygen atoms in total. The normalized spacial score (nSPS) is 11.8. The second-order valence-electron chi connectivity index (χ2n) is 6.89. The topological polar surface area (TPSA) is 53.9 Å². The molecule has 6 heteroatoms. The Morgan fingerprint density at radius 2 is 2.00 bits per heavy atom. The summed E-state index contributed by atoms with van der Waals surface area (Å²) in [6, 6.07) is 8.41. The van der Waals surface area contributed by atoms with Crippen LogP contribution in [0.2, 0.25) is 5.02 Å². The van der Waals surface area contributed by atoms with Gasteiger partial charge in [-0.2, -0.15) is 0 Å². The predicted octanol–water partition coefficient (Wildman–Crippen LogP) is 4.47. The van der Waals surface area contributed by atoms with Gasteiger partial charge in [-0.25, -0.2) is 9.78 Å². The fourth-order valence-electron chi connectivity index (χ4n) is 3.53. The van der Waals surface area contributed by atoms with Crippen LogP contribution in [0.1, 0.15) is 38.3 Å². The van der Waals surface area contributed by atoms with Gasteiger partial charge in [0.25, 0.3) is 0 Å². The van der Waals surface area contributed by atoms with E-state index in [0.29, 0.717) is 10.7 Å². The number of imidazole rings is 1. The lowest BCUT2D eigenvalue weighted by Crippen LogP contribution is -2.21. The number of nitrogens with zero attached hydrogens (tertiary/aromatic N) is 3. The molecule has 0 atom stereocenters. The minimum atomic E-state index is -0.130. The molecule has 26 heavy (non-hydrogen) atoms. The first-order valence-electron chi connectivity index (χ1n) is 8.99. The Labute approximate surface area is 158 Å². The van der Waals surface area contributed by atoms with Crippen LogP contribution in [0, 0.1) is 0 Å². The van der Waals surface area contributed by atoms with E-state index in [1.54, 1.807) is 6.20 Å². The van der Waals surface area contributed by atoms with Gasteiger partial charge in [-0.3, -0.25) is 9.55 Å². The van der Waals surface area contributed by atoms with Crippen molar-refractivity contribution in [1.82, 2.24) is 19.4 Å². The molecule has 0 saturated heterocycles. The summed E-state index contributed by atoms with van der Waals surface area (Å²) in [6.07, 6.45) is 3.36. The number of aromatic nitrogens is 3. The highest BCUT2D eigenvalue weighted by Gasteiger charge is 2.21. The van der Waals surface area contributed by atoms with Crippen molar-refractivity contribution in [2.45, 2.75) is 39.3 Å². The molecule has 0 radical (unpaired) electrons. The number of hydrogen-bond donors (Lipinski definition) is 1. The fourth-order valence-corrected chi connectivity index (χ4v) is 3.78. The molecule has 0 bridgehead atoms. The first-order valence-corrected chi connectivity index (χ1v) is 9.36. The molecule has 0 amide bonds. The summed E-state index contributed by atoms with van der Waals surface area (Å²) in [6.45, 7) is 5.02. The van der Waals surface area contributed by atoms with Crippen LogP contribution >= 0.6 is 11.6 Å². The highest BCUT2D eigenvalue weighted by Crippen LogP contribution is 2.35. The van der Waals surface area contributed by atoms with Crippen molar-refractivity contribution in [3.63, 3.8) is 0 Å². The third-order valence-corrected chi connectivity index (χ3v) is 5.00. The van der Waals surface area contributed by atoms with Gasteiger partial charge in [0.05, 0.1) is 10.5 Å². The quantitative estimate of drug-likeness (QED) is 0.694. The maximum Gasteiger partial charge on any atom is 0.327 e. The predicted molar refractivity (Wildman–Crippen MR) is 108 cm³/mol. The van der Waals surface area contributed by atoms with E-state index in [0.717, 1.165) is 36.0 Å². The lowest BCUT2D eigenvalue weighted by molar-refractivity contribution is 0.402. The number of fused-ring (bicyclic) bond motifs is 1. The van der Waals surface area contributed by atoms with E-state index in [1.165, 1.54) is 5.56 Å². The minimum absolute atomic E-state index is 0.111. The summed E-state index contributed by atoms with van der Waals surface area (Å²) in [5, 5.41) is 0.554. The molecule has 2 aromatic heterocycles. The number of H-pyrrole nitrogens is 1. The summed E-state index contributed by atoms with van der Waals surface area (Å²) < 4.78 is 1.82. The van der Waals surface area contributed by atoms with Crippen molar-refractivity contribution in [3.8, 4) is 11.1 Å². The summed E-state index contributed by atoms with van der Waals surface area (Å²) in [5.41, 5.74) is 4.30. The van der Waals surface area contributed by atoms with E-state index in [2.05, 4.69) is 40.8 Å². The SMILES string of the molecule is CCC(CC)n1c(=O)[nH]c2ncc(Cl)c(-c3cccc(CN(C)C)c3)c21. The second-order valence-corrected chi connectivity index (χ2v) is 7.29. The Bertz CT molecular complexity index is 970. The van der Waals surface area contributed by atoms with Gasteiger partial charge in [-0.15, -0.1) is 0 Å². The lowest BCUT2D eigenvalue weighted by atomic mass is 10.0. The number of pyridine rings is 1. The first-order chi connectivity index (χ1) is 12.5. The highest BCUT2D eigenvalue weighted by molar-refractivity contribution is 6.34. The van der Waals surface area contributed by atoms with Crippen LogP contribution < -0.4 is 5.69 Å². The van der Waals surface area contributed by atoms with E-state index in [1.807, 2.05) is 30.8 Å². The van der Waals surface area contributed by atoms with Crippen molar-refractivity contribution >= 4 is 22.8 Å². The van der Waals surface area contributed by atoms with Crippen LogP contribution in [0.4, 0.5) is 0 Å². The average Bonchev–Trinajstić information content (AvgIpc) is 2.92. The standard InChI is InChI=1S/C20H25ClN4O/c1-5-15(6-2)25-18-17(16(21)11-22-19(18)23-20(25)26)14-9-7-8-13(10-14)12-24(3)4/h7-11,15H,5-6,12H2,1-4H3,(H,22,23,26). The Balaban J connectivity index is 2.29. The number of nitrogens with one attached hydrogen (secondary N) is 1. The van der Waals surface area contributed by atoms with Crippen LogP contribution in [0.25, 0.3) is 22.3 Å².